The van der Waals surface area contributed by atoms with Crippen LogP contribution in [0.15, 0.2) is 34.9 Å². The monoisotopic (exact) mass is 363 g/mol. The van der Waals surface area contributed by atoms with Crippen LogP contribution in [0.3, 0.4) is 0 Å². The maximum Gasteiger partial charge on any atom is 0.227 e. The lowest BCUT2D eigenvalue weighted by Crippen LogP contribution is -2.28. The average Bonchev–Trinajstić information content (AvgIpc) is 3.31. The zero-order valence-electron chi connectivity index (χ0n) is 14.2. The van der Waals surface area contributed by atoms with Gasteiger partial charge in [-0.25, -0.2) is 13.1 Å². The van der Waals surface area contributed by atoms with Crippen molar-refractivity contribution in [3.05, 3.63) is 47.3 Å². The number of benzene rings is 1. The van der Waals surface area contributed by atoms with Gasteiger partial charge >= 0.3 is 0 Å². The summed E-state index contributed by atoms with van der Waals surface area (Å²) < 4.78 is 32.0. The number of carbonyl (C=O) groups is 1. The van der Waals surface area contributed by atoms with Gasteiger partial charge in [0.1, 0.15) is 5.75 Å². The minimum atomic E-state index is -3.55. The normalized spacial score (nSPS) is 15.8. The summed E-state index contributed by atoms with van der Waals surface area (Å²) in [6.07, 6.45) is 1.90. The third-order valence-corrected chi connectivity index (χ3v) is 5.37. The van der Waals surface area contributed by atoms with Gasteiger partial charge in [-0.1, -0.05) is 17.3 Å². The van der Waals surface area contributed by atoms with Crippen LogP contribution in [0.1, 0.15) is 42.8 Å². The van der Waals surface area contributed by atoms with Gasteiger partial charge in [-0.05, 0) is 44.4 Å². The first-order chi connectivity index (χ1) is 11.8. The van der Waals surface area contributed by atoms with Gasteiger partial charge in [-0.3, -0.25) is 4.79 Å². The van der Waals surface area contributed by atoms with Gasteiger partial charge in [-0.15, -0.1) is 0 Å². The number of sulfonamides is 1. The Bertz CT molecular complexity index is 854. The number of carbonyl (C=O) groups excluding carboxylic acids is 1. The smallest absolute Gasteiger partial charge is 0.227 e. The standard InChI is InChI=1S/C17H21N3O4S/c1-11-9-16(24-19-11)10-25(22,23)20-12(2)13-5-7-15(8-6-13)18-17(21)14-3-4-14/h5-9,12,14,20H,3-4,10H2,1-2H3,(H,18,21). The summed E-state index contributed by atoms with van der Waals surface area (Å²) in [6.45, 7) is 3.50. The van der Waals surface area contributed by atoms with Crippen molar-refractivity contribution >= 4 is 21.6 Å². The Labute approximate surface area is 146 Å². The molecule has 0 bridgehead atoms. The lowest BCUT2D eigenvalue weighted by atomic mass is 10.1. The van der Waals surface area contributed by atoms with Crippen molar-refractivity contribution in [1.82, 2.24) is 9.88 Å². The highest BCUT2D eigenvalue weighted by molar-refractivity contribution is 7.88. The van der Waals surface area contributed by atoms with E-state index in [2.05, 4.69) is 15.2 Å². The molecule has 0 saturated heterocycles. The van der Waals surface area contributed by atoms with Crippen molar-refractivity contribution < 1.29 is 17.7 Å². The van der Waals surface area contributed by atoms with Gasteiger partial charge in [0.05, 0.1) is 5.69 Å². The lowest BCUT2D eigenvalue weighted by Gasteiger charge is -2.14. The molecular formula is C17H21N3O4S. The van der Waals surface area contributed by atoms with E-state index in [9.17, 15) is 13.2 Å². The molecule has 1 aromatic carbocycles. The van der Waals surface area contributed by atoms with Crippen molar-refractivity contribution in [3.63, 3.8) is 0 Å². The van der Waals surface area contributed by atoms with E-state index < -0.39 is 16.1 Å². The van der Waals surface area contributed by atoms with E-state index in [1.165, 1.54) is 0 Å². The van der Waals surface area contributed by atoms with Crippen molar-refractivity contribution in [3.8, 4) is 0 Å². The predicted octanol–water partition coefficient (Wildman–Crippen LogP) is 2.51. The van der Waals surface area contributed by atoms with Crippen LogP contribution in [0.5, 0.6) is 0 Å². The molecule has 1 fully saturated rings. The zero-order valence-corrected chi connectivity index (χ0v) is 15.0. The second-order valence-electron chi connectivity index (χ2n) is 6.42. The number of nitrogens with one attached hydrogen (secondary N) is 2. The molecule has 134 valence electrons. The maximum absolute atomic E-state index is 12.2. The summed E-state index contributed by atoms with van der Waals surface area (Å²) in [5.74, 6) is 0.234. The quantitative estimate of drug-likeness (QED) is 0.787. The fraction of sp³-hybridized carbons (Fsp3) is 0.412. The Balaban J connectivity index is 1.59. The Kier molecular flexibility index (Phi) is 4.91. The summed E-state index contributed by atoms with van der Waals surface area (Å²) >= 11 is 0. The predicted molar refractivity (Wildman–Crippen MR) is 93.2 cm³/mol. The van der Waals surface area contributed by atoms with Gasteiger partial charge in [0, 0.05) is 23.7 Å². The highest BCUT2D eigenvalue weighted by Crippen LogP contribution is 2.30. The number of hydrogen-bond acceptors (Lipinski definition) is 5. The number of hydrogen-bond donors (Lipinski definition) is 2. The molecule has 1 aliphatic rings. The number of anilines is 1. The van der Waals surface area contributed by atoms with Crippen LogP contribution in [-0.2, 0) is 20.6 Å². The van der Waals surface area contributed by atoms with E-state index in [4.69, 9.17) is 4.52 Å². The average molecular weight is 363 g/mol. The largest absolute Gasteiger partial charge is 0.360 e. The molecule has 1 unspecified atom stereocenters. The molecule has 1 amide bonds. The van der Waals surface area contributed by atoms with Gasteiger partial charge in [0.2, 0.25) is 15.9 Å². The van der Waals surface area contributed by atoms with Crippen LogP contribution in [0.2, 0.25) is 0 Å². The molecular weight excluding hydrogens is 342 g/mol. The Morgan fingerprint density at radius 1 is 1.32 bits per heavy atom. The third kappa shape index (κ3) is 4.90. The number of rotatable bonds is 7. The number of aromatic nitrogens is 1. The molecule has 1 heterocycles. The molecule has 2 aromatic rings. The molecule has 0 radical (unpaired) electrons. The Hall–Kier alpha value is -2.19. The first kappa shape index (κ1) is 17.6. The first-order valence-corrected chi connectivity index (χ1v) is 9.80. The van der Waals surface area contributed by atoms with E-state index in [0.717, 1.165) is 18.4 Å². The van der Waals surface area contributed by atoms with Crippen LogP contribution >= 0.6 is 0 Å². The second kappa shape index (κ2) is 6.97. The van der Waals surface area contributed by atoms with Crippen molar-refractivity contribution in [2.75, 3.05) is 5.32 Å². The molecule has 1 aromatic heterocycles. The zero-order chi connectivity index (χ0) is 18.0. The number of aryl methyl sites for hydroxylation is 1. The van der Waals surface area contributed by atoms with Gasteiger partial charge in [0.25, 0.3) is 0 Å². The minimum Gasteiger partial charge on any atom is -0.360 e. The van der Waals surface area contributed by atoms with E-state index in [0.29, 0.717) is 17.1 Å². The minimum absolute atomic E-state index is 0.0452. The van der Waals surface area contributed by atoms with E-state index >= 15 is 0 Å². The van der Waals surface area contributed by atoms with Crippen molar-refractivity contribution in [2.45, 2.75) is 38.5 Å². The van der Waals surface area contributed by atoms with Crippen molar-refractivity contribution in [2.24, 2.45) is 5.92 Å². The second-order valence-corrected chi connectivity index (χ2v) is 8.17. The lowest BCUT2D eigenvalue weighted by molar-refractivity contribution is -0.117. The van der Waals surface area contributed by atoms with Gasteiger partial charge in [0.15, 0.2) is 5.76 Å². The molecule has 2 N–H and O–H groups in total. The van der Waals surface area contributed by atoms with Crippen LogP contribution in [0.4, 0.5) is 5.69 Å². The Morgan fingerprint density at radius 2 is 2.00 bits per heavy atom. The summed E-state index contributed by atoms with van der Waals surface area (Å²) in [7, 11) is -3.55. The van der Waals surface area contributed by atoms with Gasteiger partial charge < -0.3 is 9.84 Å². The molecule has 3 rings (SSSR count). The maximum atomic E-state index is 12.2. The molecule has 0 aliphatic heterocycles. The summed E-state index contributed by atoms with van der Waals surface area (Å²) in [4.78, 5) is 11.7. The fourth-order valence-corrected chi connectivity index (χ4v) is 3.76. The summed E-state index contributed by atoms with van der Waals surface area (Å²) in [5, 5.41) is 6.54. The van der Waals surface area contributed by atoms with Gasteiger partial charge in [-0.2, -0.15) is 0 Å². The Morgan fingerprint density at radius 3 is 2.56 bits per heavy atom. The van der Waals surface area contributed by atoms with Crippen LogP contribution in [0, 0.1) is 12.8 Å². The van der Waals surface area contributed by atoms with E-state index in [1.807, 2.05) is 0 Å². The van der Waals surface area contributed by atoms with E-state index in [-0.39, 0.29) is 17.6 Å². The summed E-state index contributed by atoms with van der Waals surface area (Å²) in [5.41, 5.74) is 2.16. The van der Waals surface area contributed by atoms with Crippen LogP contribution in [0.25, 0.3) is 0 Å². The van der Waals surface area contributed by atoms with Crippen LogP contribution < -0.4 is 10.0 Å². The molecule has 25 heavy (non-hydrogen) atoms. The summed E-state index contributed by atoms with van der Waals surface area (Å²) in [6, 6.07) is 8.35. The topological polar surface area (TPSA) is 101 Å². The highest BCUT2D eigenvalue weighted by Gasteiger charge is 2.29. The highest BCUT2D eigenvalue weighted by atomic mass is 32.2. The van der Waals surface area contributed by atoms with E-state index in [1.54, 1.807) is 44.2 Å². The SMILES string of the molecule is Cc1cc(CS(=O)(=O)NC(C)c2ccc(NC(=O)C3CC3)cc2)on1. The molecule has 0 spiro atoms. The first-order valence-electron chi connectivity index (χ1n) is 8.15. The number of amides is 1. The molecule has 1 saturated carbocycles. The molecule has 8 heteroatoms. The third-order valence-electron chi connectivity index (χ3n) is 3.99. The molecule has 1 atom stereocenters. The van der Waals surface area contributed by atoms with Crippen molar-refractivity contribution in [1.29, 1.82) is 0 Å². The fourth-order valence-electron chi connectivity index (χ4n) is 2.50. The molecule has 7 nitrogen and oxygen atoms in total. The van der Waals surface area contributed by atoms with Crippen LogP contribution in [-0.4, -0.2) is 19.5 Å². The molecule has 1 aliphatic carbocycles. The number of nitrogens with zero attached hydrogens (tertiary/aromatic N) is 1.